The van der Waals surface area contributed by atoms with Gasteiger partial charge in [0.1, 0.15) is 5.69 Å². The van der Waals surface area contributed by atoms with Gasteiger partial charge in [0.2, 0.25) is 0 Å². The molecule has 2 unspecified atom stereocenters. The van der Waals surface area contributed by atoms with E-state index in [-0.39, 0.29) is 34.2 Å². The number of benzene rings is 1. The Balaban J connectivity index is 1.46. The summed E-state index contributed by atoms with van der Waals surface area (Å²) in [6.45, 7) is 0. The Morgan fingerprint density at radius 1 is 1.16 bits per heavy atom. The lowest BCUT2D eigenvalue weighted by Crippen LogP contribution is -2.55. The highest BCUT2D eigenvalue weighted by molar-refractivity contribution is 5.85. The van der Waals surface area contributed by atoms with Gasteiger partial charge in [-0.25, -0.2) is 4.79 Å². The van der Waals surface area contributed by atoms with Crippen LogP contribution in [0, 0.1) is 27.9 Å². The van der Waals surface area contributed by atoms with Gasteiger partial charge >= 0.3 is 11.4 Å². The first-order valence-electron chi connectivity index (χ1n) is 11.4. The Labute approximate surface area is 184 Å². The van der Waals surface area contributed by atoms with Crippen LogP contribution < -0.4 is 5.69 Å². The van der Waals surface area contributed by atoms with Gasteiger partial charge in [0.05, 0.1) is 22.2 Å². The van der Waals surface area contributed by atoms with Crippen molar-refractivity contribution >= 4 is 16.7 Å². The van der Waals surface area contributed by atoms with Crippen LogP contribution in [0.25, 0.3) is 11.0 Å². The van der Waals surface area contributed by atoms with Crippen molar-refractivity contribution in [3.8, 4) is 0 Å². The molecular weight excluding hydrogens is 408 g/mol. The van der Waals surface area contributed by atoms with Crippen LogP contribution in [0.3, 0.4) is 0 Å². The molecule has 8 heteroatoms. The number of hydrogen-bond acceptors (Lipinski definition) is 5. The van der Waals surface area contributed by atoms with Gasteiger partial charge in [-0.05, 0) is 61.8 Å². The van der Waals surface area contributed by atoms with Crippen LogP contribution in [0.5, 0.6) is 0 Å². The van der Waals surface area contributed by atoms with E-state index in [1.54, 1.807) is 10.8 Å². The summed E-state index contributed by atoms with van der Waals surface area (Å²) in [7, 11) is 0. The lowest BCUT2D eigenvalue weighted by molar-refractivity contribution is -0.384. The molecule has 0 radical (unpaired) electrons. The molecular formula is C24H26N4O4. The number of rotatable bonds is 5. The van der Waals surface area contributed by atoms with E-state index in [1.807, 2.05) is 30.3 Å². The van der Waals surface area contributed by atoms with Crippen LogP contribution in [0.1, 0.15) is 49.4 Å². The number of H-pyrrole nitrogens is 1. The molecule has 2 aromatic heterocycles. The molecule has 4 aliphatic rings. The van der Waals surface area contributed by atoms with E-state index >= 15 is 0 Å². The van der Waals surface area contributed by atoms with Crippen molar-refractivity contribution in [1.29, 1.82) is 0 Å². The third-order valence-electron chi connectivity index (χ3n) is 7.97. The van der Waals surface area contributed by atoms with Crippen molar-refractivity contribution in [2.24, 2.45) is 17.8 Å². The van der Waals surface area contributed by atoms with Gasteiger partial charge in [-0.2, -0.15) is 0 Å². The van der Waals surface area contributed by atoms with Gasteiger partial charge in [-0.3, -0.25) is 19.7 Å². The molecule has 4 fully saturated rings. The second kappa shape index (κ2) is 7.00. The minimum absolute atomic E-state index is 0.0655. The normalized spacial score (nSPS) is 30.8. The molecule has 2 N–H and O–H groups in total. The number of aryl methyl sites for hydroxylation is 2. The van der Waals surface area contributed by atoms with E-state index in [2.05, 4.69) is 9.97 Å². The number of hydrogen-bond donors (Lipinski definition) is 2. The summed E-state index contributed by atoms with van der Waals surface area (Å²) in [5.41, 5.74) is 1.27. The smallest absolute Gasteiger partial charge is 0.326 e. The van der Waals surface area contributed by atoms with Gasteiger partial charge < -0.3 is 10.1 Å². The maximum atomic E-state index is 13.1. The molecule has 0 aliphatic heterocycles. The van der Waals surface area contributed by atoms with Crippen molar-refractivity contribution in [2.45, 2.75) is 56.6 Å². The molecule has 8 nitrogen and oxygen atoms in total. The van der Waals surface area contributed by atoms with Gasteiger partial charge in [0.25, 0.3) is 0 Å². The molecule has 4 bridgehead atoms. The number of aliphatic hydroxyl groups is 1. The lowest BCUT2D eigenvalue weighted by atomic mass is 9.52. The number of aromatic amines is 1. The highest BCUT2D eigenvalue weighted by Gasteiger charge is 2.56. The standard InChI is InChI=1S/C24H26N4O4/c29-23-26-19-13-25-18(7-6-14-4-2-1-3-5-14)22(28(31)32)21(19)27(23)20-16-8-15-9-17(20)12-24(30,10-15)11-16/h1-5,13,15-17,20,30H,6-12H2,(H,26,29). The molecule has 166 valence electrons. The topological polar surface area (TPSA) is 114 Å². The number of nitrogens with zero attached hydrogens (tertiary/aromatic N) is 3. The van der Waals surface area contributed by atoms with Crippen LogP contribution in [0.15, 0.2) is 41.3 Å². The largest absolute Gasteiger partial charge is 0.390 e. The average molecular weight is 434 g/mol. The number of nitrogens with one attached hydrogen (secondary N) is 1. The fourth-order valence-electron chi connectivity index (χ4n) is 7.08. The predicted octanol–water partition coefficient (Wildman–Crippen LogP) is 3.53. The quantitative estimate of drug-likeness (QED) is 0.471. The van der Waals surface area contributed by atoms with Gasteiger partial charge in [0, 0.05) is 12.5 Å². The number of nitro groups is 1. The molecule has 4 saturated carbocycles. The third kappa shape index (κ3) is 3.00. The first-order chi connectivity index (χ1) is 15.4. The van der Waals surface area contributed by atoms with E-state index in [4.69, 9.17) is 0 Å². The van der Waals surface area contributed by atoms with Crippen molar-refractivity contribution in [2.75, 3.05) is 0 Å². The molecule has 4 aliphatic carbocycles. The fraction of sp³-hybridized carbons (Fsp3) is 0.500. The molecule has 0 spiro atoms. The van der Waals surface area contributed by atoms with Gasteiger partial charge in [-0.15, -0.1) is 0 Å². The Hall–Kier alpha value is -3.00. The summed E-state index contributed by atoms with van der Waals surface area (Å²) in [6, 6.07) is 9.72. The van der Waals surface area contributed by atoms with Crippen molar-refractivity contribution in [1.82, 2.24) is 14.5 Å². The van der Waals surface area contributed by atoms with Crippen molar-refractivity contribution < 1.29 is 10.0 Å². The number of fused-ring (bicyclic) bond motifs is 1. The van der Waals surface area contributed by atoms with Crippen LogP contribution in [0.4, 0.5) is 5.69 Å². The summed E-state index contributed by atoms with van der Waals surface area (Å²) in [6.07, 6.45) is 6.76. The second-order valence-corrected chi connectivity index (χ2v) is 10.0. The third-order valence-corrected chi connectivity index (χ3v) is 7.97. The Bertz CT molecular complexity index is 1250. The average Bonchev–Trinajstić information content (AvgIpc) is 3.07. The predicted molar refractivity (Wildman–Crippen MR) is 118 cm³/mol. The van der Waals surface area contributed by atoms with Crippen LogP contribution in [-0.2, 0) is 12.8 Å². The van der Waals surface area contributed by atoms with Crippen LogP contribution >= 0.6 is 0 Å². The molecule has 2 atom stereocenters. The van der Waals surface area contributed by atoms with E-state index < -0.39 is 5.60 Å². The van der Waals surface area contributed by atoms with Crippen molar-refractivity contribution in [3.05, 3.63) is 68.4 Å². The Morgan fingerprint density at radius 3 is 2.53 bits per heavy atom. The Kier molecular flexibility index (Phi) is 4.30. The maximum absolute atomic E-state index is 13.1. The van der Waals surface area contributed by atoms with E-state index in [0.29, 0.717) is 48.3 Å². The van der Waals surface area contributed by atoms with E-state index in [9.17, 15) is 20.0 Å². The number of aromatic nitrogens is 3. The molecule has 32 heavy (non-hydrogen) atoms. The number of pyridine rings is 1. The monoisotopic (exact) mass is 434 g/mol. The van der Waals surface area contributed by atoms with Crippen LogP contribution in [-0.4, -0.2) is 30.2 Å². The molecule has 3 aromatic rings. The zero-order chi connectivity index (χ0) is 22.0. The number of imidazole rings is 1. The van der Waals surface area contributed by atoms with Gasteiger partial charge in [-0.1, -0.05) is 30.3 Å². The first kappa shape index (κ1) is 19.7. The second-order valence-electron chi connectivity index (χ2n) is 10.0. The highest BCUT2D eigenvalue weighted by atomic mass is 16.6. The minimum Gasteiger partial charge on any atom is -0.390 e. The molecule has 0 saturated heterocycles. The summed E-state index contributed by atoms with van der Waals surface area (Å²) in [5.74, 6) is 0.833. The summed E-state index contributed by atoms with van der Waals surface area (Å²) in [5, 5.41) is 23.2. The summed E-state index contributed by atoms with van der Waals surface area (Å²) < 4.78 is 1.65. The molecule has 7 rings (SSSR count). The molecule has 1 aromatic carbocycles. The lowest BCUT2D eigenvalue weighted by Gasteiger charge is -2.58. The highest BCUT2D eigenvalue weighted by Crippen LogP contribution is 2.60. The molecule has 0 amide bonds. The SMILES string of the molecule is O=c1[nH]c2cnc(CCc3ccccc3)c([N+](=O)[O-])c2n1C1C2CC3CC1CC(O)(C3)C2. The van der Waals surface area contributed by atoms with E-state index in [1.165, 1.54) is 0 Å². The Morgan fingerprint density at radius 2 is 1.88 bits per heavy atom. The first-order valence-corrected chi connectivity index (χ1v) is 11.4. The van der Waals surface area contributed by atoms with Crippen molar-refractivity contribution in [3.63, 3.8) is 0 Å². The maximum Gasteiger partial charge on any atom is 0.326 e. The van der Waals surface area contributed by atoms with Crippen LogP contribution in [0.2, 0.25) is 0 Å². The summed E-state index contributed by atoms with van der Waals surface area (Å²) >= 11 is 0. The zero-order valence-corrected chi connectivity index (χ0v) is 17.7. The van der Waals surface area contributed by atoms with E-state index in [0.717, 1.165) is 24.8 Å². The summed E-state index contributed by atoms with van der Waals surface area (Å²) in [4.78, 5) is 32.2. The van der Waals surface area contributed by atoms with Gasteiger partial charge in [0.15, 0.2) is 5.52 Å². The fourth-order valence-corrected chi connectivity index (χ4v) is 7.08. The zero-order valence-electron chi connectivity index (χ0n) is 17.7. The minimum atomic E-state index is -0.628. The molecule has 2 heterocycles.